The average molecular weight is 275 g/mol. The molecule has 0 spiro atoms. The van der Waals surface area contributed by atoms with Crippen LogP contribution in [0.15, 0.2) is 24.5 Å². The molecule has 3 heteroatoms. The summed E-state index contributed by atoms with van der Waals surface area (Å²) in [4.78, 5) is 4.19. The summed E-state index contributed by atoms with van der Waals surface area (Å²) in [6.07, 6.45) is 12.8. The smallest absolute Gasteiger partial charge is 0.158 e. The predicted octanol–water partition coefficient (Wildman–Crippen LogP) is 4.24. The van der Waals surface area contributed by atoms with Crippen LogP contribution in [0.25, 0.3) is 0 Å². The topological polar surface area (TPSA) is 31.4 Å². The summed E-state index contributed by atoms with van der Waals surface area (Å²) in [5.74, 6) is 0.780. The molecule has 0 N–H and O–H groups in total. The van der Waals surface area contributed by atoms with E-state index in [0.29, 0.717) is 6.10 Å². The molecule has 2 fully saturated rings. The Kier molecular flexibility index (Phi) is 4.69. The molecule has 1 aliphatic carbocycles. The van der Waals surface area contributed by atoms with E-state index in [0.717, 1.165) is 24.3 Å². The van der Waals surface area contributed by atoms with Gasteiger partial charge in [0.15, 0.2) is 6.29 Å². The molecule has 0 bridgehead atoms. The molecule has 0 radical (unpaired) electrons. The van der Waals surface area contributed by atoms with Gasteiger partial charge in [-0.2, -0.15) is 0 Å². The molecule has 1 saturated heterocycles. The molecule has 1 aliphatic heterocycles. The lowest BCUT2D eigenvalue weighted by atomic mass is 9.99. The summed E-state index contributed by atoms with van der Waals surface area (Å²) in [7, 11) is 0. The van der Waals surface area contributed by atoms with Gasteiger partial charge in [0.05, 0.1) is 12.2 Å². The van der Waals surface area contributed by atoms with Gasteiger partial charge in [-0.25, -0.2) is 0 Å². The highest BCUT2D eigenvalue weighted by molar-refractivity contribution is 5.11. The minimum Gasteiger partial charge on any atom is -0.349 e. The van der Waals surface area contributed by atoms with Crippen LogP contribution in [-0.2, 0) is 9.47 Å². The van der Waals surface area contributed by atoms with Crippen LogP contribution in [-0.4, -0.2) is 17.4 Å². The number of hydrogen-bond acceptors (Lipinski definition) is 3. The first-order valence-electron chi connectivity index (χ1n) is 8.07. The Morgan fingerprint density at radius 3 is 2.85 bits per heavy atom. The average Bonchev–Trinajstić information content (AvgIpc) is 3.16. The fourth-order valence-corrected chi connectivity index (χ4v) is 3.57. The molecule has 3 unspecified atom stereocenters. The van der Waals surface area contributed by atoms with Crippen molar-refractivity contribution in [3.05, 3.63) is 30.1 Å². The monoisotopic (exact) mass is 275 g/mol. The van der Waals surface area contributed by atoms with Crippen LogP contribution < -0.4 is 0 Å². The summed E-state index contributed by atoms with van der Waals surface area (Å²) in [6, 6.07) is 4.06. The fraction of sp³-hybridized carbons (Fsp3) is 0.706. The van der Waals surface area contributed by atoms with Gasteiger partial charge in [-0.1, -0.05) is 25.8 Å². The molecule has 3 atom stereocenters. The van der Waals surface area contributed by atoms with E-state index in [4.69, 9.17) is 9.47 Å². The molecule has 0 aromatic carbocycles. The second-order valence-corrected chi connectivity index (χ2v) is 6.05. The third kappa shape index (κ3) is 3.21. The van der Waals surface area contributed by atoms with Gasteiger partial charge in [-0.05, 0) is 43.2 Å². The molecular formula is C17H25NO2. The van der Waals surface area contributed by atoms with Crippen molar-refractivity contribution in [1.82, 2.24) is 4.98 Å². The van der Waals surface area contributed by atoms with Gasteiger partial charge >= 0.3 is 0 Å². The highest BCUT2D eigenvalue weighted by atomic mass is 16.7. The van der Waals surface area contributed by atoms with E-state index in [2.05, 4.69) is 18.0 Å². The molecular weight excluding hydrogens is 250 g/mol. The third-order valence-corrected chi connectivity index (χ3v) is 4.68. The summed E-state index contributed by atoms with van der Waals surface area (Å²) in [6.45, 7) is 2.15. The highest BCUT2D eigenvalue weighted by Crippen LogP contribution is 2.37. The first kappa shape index (κ1) is 14.0. The maximum absolute atomic E-state index is 6.17. The number of rotatable bonds is 5. The zero-order chi connectivity index (χ0) is 13.8. The Morgan fingerprint density at radius 2 is 2.15 bits per heavy atom. The summed E-state index contributed by atoms with van der Waals surface area (Å²) < 4.78 is 12.3. The maximum atomic E-state index is 6.17. The van der Waals surface area contributed by atoms with E-state index in [1.54, 1.807) is 6.20 Å². The molecule has 1 saturated carbocycles. The van der Waals surface area contributed by atoms with Crippen LogP contribution in [0.5, 0.6) is 0 Å². The number of pyridine rings is 1. The van der Waals surface area contributed by atoms with Gasteiger partial charge in [0, 0.05) is 18.8 Å². The Bertz CT molecular complexity index is 403. The third-order valence-electron chi connectivity index (χ3n) is 4.68. The van der Waals surface area contributed by atoms with Crippen molar-refractivity contribution in [3.8, 4) is 0 Å². The maximum Gasteiger partial charge on any atom is 0.158 e. The fourth-order valence-electron chi connectivity index (χ4n) is 3.57. The van der Waals surface area contributed by atoms with Gasteiger partial charge in [0.2, 0.25) is 0 Å². The first-order valence-corrected chi connectivity index (χ1v) is 8.07. The van der Waals surface area contributed by atoms with Gasteiger partial charge in [-0.3, -0.25) is 4.98 Å². The SMILES string of the molecule is CCC(OC1CCC(C2CCCC2)O1)c1cccnc1. The van der Waals surface area contributed by atoms with Crippen molar-refractivity contribution in [3.63, 3.8) is 0 Å². The van der Waals surface area contributed by atoms with E-state index >= 15 is 0 Å². The molecule has 20 heavy (non-hydrogen) atoms. The Hall–Kier alpha value is -0.930. The lowest BCUT2D eigenvalue weighted by Gasteiger charge is -2.23. The van der Waals surface area contributed by atoms with Crippen molar-refractivity contribution in [2.45, 2.75) is 70.4 Å². The zero-order valence-electron chi connectivity index (χ0n) is 12.3. The van der Waals surface area contributed by atoms with Crippen molar-refractivity contribution in [1.29, 1.82) is 0 Å². The van der Waals surface area contributed by atoms with Gasteiger partial charge < -0.3 is 9.47 Å². The van der Waals surface area contributed by atoms with E-state index in [1.165, 1.54) is 32.1 Å². The number of ether oxygens (including phenoxy) is 2. The Balaban J connectivity index is 1.55. The van der Waals surface area contributed by atoms with Crippen LogP contribution in [0.2, 0.25) is 0 Å². The standard InChI is InChI=1S/C17H25NO2/c1-2-15(14-8-5-11-18-12-14)19-17-10-9-16(20-17)13-6-3-4-7-13/h5,8,11-13,15-17H,2-4,6-7,9-10H2,1H3. The second-order valence-electron chi connectivity index (χ2n) is 6.05. The minimum absolute atomic E-state index is 0.0224. The highest BCUT2D eigenvalue weighted by Gasteiger charge is 2.34. The largest absolute Gasteiger partial charge is 0.349 e. The molecule has 2 aliphatic rings. The minimum atomic E-state index is -0.0224. The van der Waals surface area contributed by atoms with Gasteiger partial charge in [-0.15, -0.1) is 0 Å². The van der Waals surface area contributed by atoms with Crippen LogP contribution in [0.4, 0.5) is 0 Å². The van der Waals surface area contributed by atoms with E-state index in [9.17, 15) is 0 Å². The van der Waals surface area contributed by atoms with Crippen LogP contribution in [0.3, 0.4) is 0 Å². The molecule has 1 aromatic rings. The van der Waals surface area contributed by atoms with E-state index in [-0.39, 0.29) is 12.4 Å². The Labute approximate surface area is 121 Å². The van der Waals surface area contributed by atoms with Crippen molar-refractivity contribution < 1.29 is 9.47 Å². The summed E-state index contributed by atoms with van der Waals surface area (Å²) in [5.41, 5.74) is 1.16. The Morgan fingerprint density at radius 1 is 1.30 bits per heavy atom. The second kappa shape index (κ2) is 6.68. The van der Waals surface area contributed by atoms with Crippen molar-refractivity contribution in [2.75, 3.05) is 0 Å². The molecule has 2 heterocycles. The summed E-state index contributed by atoms with van der Waals surface area (Å²) in [5, 5.41) is 0. The lowest BCUT2D eigenvalue weighted by molar-refractivity contribution is -0.172. The molecule has 3 nitrogen and oxygen atoms in total. The van der Waals surface area contributed by atoms with Crippen molar-refractivity contribution in [2.24, 2.45) is 5.92 Å². The molecule has 1 aromatic heterocycles. The van der Waals surface area contributed by atoms with Gasteiger partial charge in [0.25, 0.3) is 0 Å². The molecule has 3 rings (SSSR count). The lowest BCUT2D eigenvalue weighted by Crippen LogP contribution is -2.21. The molecule has 0 amide bonds. The number of aromatic nitrogens is 1. The first-order chi connectivity index (χ1) is 9.86. The zero-order valence-corrected chi connectivity index (χ0v) is 12.3. The number of nitrogens with zero attached hydrogens (tertiary/aromatic N) is 1. The quantitative estimate of drug-likeness (QED) is 0.805. The van der Waals surface area contributed by atoms with Crippen molar-refractivity contribution >= 4 is 0 Å². The molecule has 110 valence electrons. The normalized spacial score (nSPS) is 28.9. The van der Waals surface area contributed by atoms with Crippen LogP contribution >= 0.6 is 0 Å². The van der Waals surface area contributed by atoms with Crippen LogP contribution in [0.1, 0.15) is 63.5 Å². The summed E-state index contributed by atoms with van der Waals surface area (Å²) >= 11 is 0. The van der Waals surface area contributed by atoms with E-state index < -0.39 is 0 Å². The number of hydrogen-bond donors (Lipinski definition) is 0. The predicted molar refractivity (Wildman–Crippen MR) is 78.2 cm³/mol. The van der Waals surface area contributed by atoms with Crippen LogP contribution in [0, 0.1) is 5.92 Å². The van der Waals surface area contributed by atoms with E-state index in [1.807, 2.05) is 12.3 Å². The van der Waals surface area contributed by atoms with Gasteiger partial charge in [0.1, 0.15) is 0 Å².